The molecule has 3 N–H and O–H groups in total. The monoisotopic (exact) mass is 209 g/mol. The van der Waals surface area contributed by atoms with Gasteiger partial charge in [-0.05, 0) is 31.6 Å². The molecule has 0 bridgehead atoms. The van der Waals surface area contributed by atoms with Crippen molar-refractivity contribution in [3.63, 3.8) is 0 Å². The first-order chi connectivity index (χ1) is 7.16. The van der Waals surface area contributed by atoms with E-state index in [-0.39, 0.29) is 11.6 Å². The van der Waals surface area contributed by atoms with E-state index in [4.69, 9.17) is 5.73 Å². The van der Waals surface area contributed by atoms with Gasteiger partial charge in [-0.15, -0.1) is 0 Å². The Morgan fingerprint density at radius 3 is 2.67 bits per heavy atom. The van der Waals surface area contributed by atoms with Crippen molar-refractivity contribution in [3.8, 4) is 0 Å². The van der Waals surface area contributed by atoms with Gasteiger partial charge in [-0.25, -0.2) is 4.79 Å². The van der Waals surface area contributed by atoms with Gasteiger partial charge in [0.05, 0.1) is 5.54 Å². The Labute approximate surface area is 90.3 Å². The molecule has 1 fully saturated rings. The lowest BCUT2D eigenvalue weighted by Crippen LogP contribution is -2.53. The van der Waals surface area contributed by atoms with Gasteiger partial charge in [0.1, 0.15) is 5.84 Å². The van der Waals surface area contributed by atoms with Gasteiger partial charge in [-0.1, -0.05) is 19.8 Å². The van der Waals surface area contributed by atoms with Gasteiger partial charge in [-0.3, -0.25) is 0 Å². The highest BCUT2D eigenvalue weighted by Gasteiger charge is 2.43. The highest BCUT2D eigenvalue weighted by atomic mass is 16.2. The fourth-order valence-electron chi connectivity index (χ4n) is 2.76. The average molecular weight is 209 g/mol. The third-order valence-electron chi connectivity index (χ3n) is 3.71. The van der Waals surface area contributed by atoms with Crippen molar-refractivity contribution in [2.75, 3.05) is 0 Å². The predicted molar refractivity (Wildman–Crippen MR) is 59.8 cm³/mol. The number of carbonyl (C=O) groups is 1. The molecule has 2 aliphatic rings. The van der Waals surface area contributed by atoms with Gasteiger partial charge in [0.25, 0.3) is 0 Å². The standard InChI is InChI=1S/C11H19N3O/c1-2-3-8-4-6-11(7-5-8)9(12)13-10(15)14-11/h8H,2-7H2,1H3,(H3,12,13,14,15). The minimum absolute atomic E-state index is 0.263. The summed E-state index contributed by atoms with van der Waals surface area (Å²) in [6.45, 7) is 2.22. The Morgan fingerprint density at radius 2 is 2.20 bits per heavy atom. The van der Waals surface area contributed by atoms with E-state index < -0.39 is 0 Å². The zero-order valence-electron chi connectivity index (χ0n) is 9.25. The average Bonchev–Trinajstić information content (AvgIpc) is 2.47. The molecular weight excluding hydrogens is 190 g/mol. The number of hydrogen-bond donors (Lipinski definition) is 2. The molecule has 1 spiro atoms. The minimum atomic E-state index is -0.290. The second-order valence-corrected chi connectivity index (χ2v) is 4.74. The molecule has 1 saturated carbocycles. The summed E-state index contributed by atoms with van der Waals surface area (Å²) in [7, 11) is 0. The van der Waals surface area contributed by atoms with Gasteiger partial charge >= 0.3 is 6.03 Å². The molecule has 0 aromatic heterocycles. The van der Waals surface area contributed by atoms with Crippen LogP contribution in [0.5, 0.6) is 0 Å². The maximum Gasteiger partial charge on any atom is 0.343 e. The smallest absolute Gasteiger partial charge is 0.343 e. The van der Waals surface area contributed by atoms with E-state index >= 15 is 0 Å². The van der Waals surface area contributed by atoms with Crippen molar-refractivity contribution in [3.05, 3.63) is 0 Å². The molecule has 4 nitrogen and oxygen atoms in total. The van der Waals surface area contributed by atoms with Gasteiger partial charge in [0.2, 0.25) is 0 Å². The van der Waals surface area contributed by atoms with Gasteiger partial charge in [0.15, 0.2) is 0 Å². The Morgan fingerprint density at radius 1 is 1.53 bits per heavy atom. The van der Waals surface area contributed by atoms with Crippen LogP contribution in [0.4, 0.5) is 4.79 Å². The topological polar surface area (TPSA) is 67.5 Å². The van der Waals surface area contributed by atoms with Crippen molar-refractivity contribution < 1.29 is 4.79 Å². The Hall–Kier alpha value is -1.06. The highest BCUT2D eigenvalue weighted by Crippen LogP contribution is 2.36. The van der Waals surface area contributed by atoms with Gasteiger partial charge < -0.3 is 11.1 Å². The summed E-state index contributed by atoms with van der Waals surface area (Å²) < 4.78 is 0. The number of aliphatic imine (C=N–C) groups is 1. The molecule has 15 heavy (non-hydrogen) atoms. The largest absolute Gasteiger partial charge is 0.385 e. The fraction of sp³-hybridized carbons (Fsp3) is 0.818. The van der Waals surface area contributed by atoms with Gasteiger partial charge in [0, 0.05) is 0 Å². The van der Waals surface area contributed by atoms with Gasteiger partial charge in [-0.2, -0.15) is 4.99 Å². The molecule has 4 heteroatoms. The molecule has 0 aromatic carbocycles. The van der Waals surface area contributed by atoms with Crippen LogP contribution in [-0.4, -0.2) is 17.4 Å². The fourth-order valence-corrected chi connectivity index (χ4v) is 2.76. The first-order valence-electron chi connectivity index (χ1n) is 5.83. The van der Waals surface area contributed by atoms with Crippen LogP contribution in [0.25, 0.3) is 0 Å². The number of urea groups is 1. The first-order valence-corrected chi connectivity index (χ1v) is 5.83. The summed E-state index contributed by atoms with van der Waals surface area (Å²) in [6, 6.07) is -0.263. The molecule has 0 unspecified atom stereocenters. The van der Waals surface area contributed by atoms with Crippen LogP contribution < -0.4 is 11.1 Å². The SMILES string of the molecule is CCCC1CCC2(CC1)NC(=O)N=C2N. The van der Waals surface area contributed by atoms with Crippen LogP contribution in [0.1, 0.15) is 45.4 Å². The molecule has 0 aromatic rings. The zero-order valence-corrected chi connectivity index (χ0v) is 9.25. The Balaban J connectivity index is 1.98. The lowest BCUT2D eigenvalue weighted by molar-refractivity contribution is 0.225. The van der Waals surface area contributed by atoms with Crippen molar-refractivity contribution in [1.82, 2.24) is 5.32 Å². The van der Waals surface area contributed by atoms with Crippen molar-refractivity contribution >= 4 is 11.9 Å². The van der Waals surface area contributed by atoms with E-state index in [2.05, 4.69) is 17.2 Å². The number of nitrogens with zero attached hydrogens (tertiary/aromatic N) is 1. The number of rotatable bonds is 2. The number of hydrogen-bond acceptors (Lipinski definition) is 2. The quantitative estimate of drug-likeness (QED) is 0.728. The van der Waals surface area contributed by atoms with Crippen LogP contribution in [0.2, 0.25) is 0 Å². The number of amidine groups is 1. The molecule has 1 aliphatic carbocycles. The lowest BCUT2D eigenvalue weighted by Gasteiger charge is -2.36. The molecule has 1 aliphatic heterocycles. The van der Waals surface area contributed by atoms with E-state index in [0.717, 1.165) is 31.6 Å². The number of nitrogens with one attached hydrogen (secondary N) is 1. The molecule has 0 radical (unpaired) electrons. The van der Waals surface area contributed by atoms with E-state index in [0.29, 0.717) is 5.84 Å². The summed E-state index contributed by atoms with van der Waals surface area (Å²) in [5.74, 6) is 1.31. The molecule has 0 saturated heterocycles. The van der Waals surface area contributed by atoms with Crippen LogP contribution in [0.15, 0.2) is 4.99 Å². The highest BCUT2D eigenvalue weighted by molar-refractivity contribution is 6.05. The van der Waals surface area contributed by atoms with Crippen LogP contribution in [0, 0.1) is 5.92 Å². The zero-order chi connectivity index (χ0) is 10.9. The van der Waals surface area contributed by atoms with Crippen LogP contribution in [-0.2, 0) is 0 Å². The minimum Gasteiger partial charge on any atom is -0.385 e. The molecule has 0 atom stereocenters. The second-order valence-electron chi connectivity index (χ2n) is 4.74. The predicted octanol–water partition coefficient (Wildman–Crippen LogP) is 1.80. The van der Waals surface area contributed by atoms with E-state index in [1.807, 2.05) is 0 Å². The summed E-state index contributed by atoms with van der Waals surface area (Å²) in [4.78, 5) is 14.9. The summed E-state index contributed by atoms with van der Waals surface area (Å²) >= 11 is 0. The molecule has 2 rings (SSSR count). The van der Waals surface area contributed by atoms with E-state index in [1.54, 1.807) is 0 Å². The number of amides is 2. The Bertz CT molecular complexity index is 290. The first kappa shape index (κ1) is 10.5. The van der Waals surface area contributed by atoms with Crippen LogP contribution in [0.3, 0.4) is 0 Å². The summed E-state index contributed by atoms with van der Waals surface area (Å²) in [6.07, 6.45) is 6.76. The third kappa shape index (κ3) is 1.85. The lowest BCUT2D eigenvalue weighted by atomic mass is 9.75. The van der Waals surface area contributed by atoms with E-state index in [9.17, 15) is 4.79 Å². The Kier molecular flexibility index (Phi) is 2.67. The summed E-state index contributed by atoms with van der Waals surface area (Å²) in [5, 5.41) is 2.91. The normalized spacial score (nSPS) is 35.4. The maximum absolute atomic E-state index is 11.2. The van der Waals surface area contributed by atoms with E-state index in [1.165, 1.54) is 12.8 Å². The molecule has 2 amide bonds. The molecule has 84 valence electrons. The van der Waals surface area contributed by atoms with Crippen molar-refractivity contribution in [2.45, 2.75) is 51.0 Å². The van der Waals surface area contributed by atoms with Crippen molar-refractivity contribution in [1.29, 1.82) is 0 Å². The maximum atomic E-state index is 11.2. The van der Waals surface area contributed by atoms with Crippen LogP contribution >= 0.6 is 0 Å². The number of nitrogens with two attached hydrogens (primary N) is 1. The molecular formula is C11H19N3O. The third-order valence-corrected chi connectivity index (χ3v) is 3.71. The molecule has 1 heterocycles. The second kappa shape index (κ2) is 3.83. The van der Waals surface area contributed by atoms with Crippen molar-refractivity contribution in [2.24, 2.45) is 16.6 Å². The summed E-state index contributed by atoms with van der Waals surface area (Å²) in [5.41, 5.74) is 5.53. The number of carbonyl (C=O) groups excluding carboxylic acids is 1.